The van der Waals surface area contributed by atoms with Crippen LogP contribution in [0.4, 0.5) is 5.69 Å². The number of fused-ring (bicyclic) bond motifs is 2. The molecule has 1 amide bonds. The molecule has 0 radical (unpaired) electrons. The van der Waals surface area contributed by atoms with E-state index in [4.69, 9.17) is 19.6 Å². The van der Waals surface area contributed by atoms with E-state index >= 15 is 0 Å². The molecule has 1 unspecified atom stereocenters. The Hall–Kier alpha value is -4.10. The van der Waals surface area contributed by atoms with Crippen molar-refractivity contribution in [2.45, 2.75) is 25.5 Å². The highest BCUT2D eigenvalue weighted by Crippen LogP contribution is 2.34. The van der Waals surface area contributed by atoms with Crippen LogP contribution in [0.25, 0.3) is 32.9 Å². The maximum absolute atomic E-state index is 13.3. The standard InChI is InChI=1S/C29H31N7O2S.CH2O2/c37-29(27-18-39-28(32-27)17-36-10-11-38-20(16-36)15-35-8-1-2-9-35)33-25-12-19(13-26-23(25)14-31-34-26)21-4-3-5-24-22(21)6-7-30-24;2-1-3/h3-7,12-14,18,20,30H,1-2,8-11,15-17H2,(H,31,34)(H,33,37);1H,(H,2,3). The number of nitrogens with zero attached hydrogens (tertiary/aromatic N) is 4. The fourth-order valence-corrected chi connectivity index (χ4v) is 6.62. The van der Waals surface area contributed by atoms with Gasteiger partial charge in [0.2, 0.25) is 0 Å². The van der Waals surface area contributed by atoms with Crippen LogP contribution in [0.5, 0.6) is 0 Å². The molecule has 12 heteroatoms. The van der Waals surface area contributed by atoms with E-state index < -0.39 is 0 Å². The first-order valence-electron chi connectivity index (χ1n) is 14.0. The summed E-state index contributed by atoms with van der Waals surface area (Å²) in [6.45, 7) is 6.38. The lowest BCUT2D eigenvalue weighted by atomic mass is 9.99. The molecule has 2 fully saturated rings. The third kappa shape index (κ3) is 6.21. The topological polar surface area (TPSA) is 139 Å². The molecule has 1 atom stereocenters. The summed E-state index contributed by atoms with van der Waals surface area (Å²) in [4.78, 5) is 34.5. The SMILES string of the molecule is O=C(Nc1cc(-c2cccc3[nH]ccc23)cc2[nH]ncc12)c1csc(CN2CCOC(CN3CCCC3)C2)n1.O=CO. The summed E-state index contributed by atoms with van der Waals surface area (Å²) in [7, 11) is 0. The molecule has 2 aromatic carbocycles. The Morgan fingerprint density at radius 3 is 2.86 bits per heavy atom. The molecule has 5 heterocycles. The van der Waals surface area contributed by atoms with Gasteiger partial charge in [-0.1, -0.05) is 12.1 Å². The quantitative estimate of drug-likeness (QED) is 0.205. The van der Waals surface area contributed by atoms with Gasteiger partial charge >= 0.3 is 0 Å². The van der Waals surface area contributed by atoms with E-state index in [9.17, 15) is 4.79 Å². The van der Waals surface area contributed by atoms with E-state index in [1.807, 2.05) is 23.7 Å². The van der Waals surface area contributed by atoms with Gasteiger partial charge < -0.3 is 25.0 Å². The van der Waals surface area contributed by atoms with Crippen molar-refractivity contribution < 1.29 is 19.4 Å². The summed E-state index contributed by atoms with van der Waals surface area (Å²) < 4.78 is 6.03. The zero-order valence-corrected chi connectivity index (χ0v) is 23.9. The second kappa shape index (κ2) is 12.8. The van der Waals surface area contributed by atoms with Crippen LogP contribution in [0.3, 0.4) is 0 Å². The minimum Gasteiger partial charge on any atom is -0.483 e. The number of hydrogen-bond donors (Lipinski definition) is 4. The maximum atomic E-state index is 13.3. The molecule has 218 valence electrons. The van der Waals surface area contributed by atoms with Crippen molar-refractivity contribution >= 4 is 51.2 Å². The first-order chi connectivity index (χ1) is 20.6. The van der Waals surface area contributed by atoms with Gasteiger partial charge in [0.05, 0.1) is 36.7 Å². The lowest BCUT2D eigenvalue weighted by Crippen LogP contribution is -2.46. The van der Waals surface area contributed by atoms with E-state index in [2.05, 4.69) is 54.6 Å². The van der Waals surface area contributed by atoms with Crippen LogP contribution in [0.1, 0.15) is 28.3 Å². The van der Waals surface area contributed by atoms with Crippen molar-refractivity contribution in [3.8, 4) is 11.1 Å². The average Bonchev–Trinajstić information content (AvgIpc) is 3.81. The van der Waals surface area contributed by atoms with Crippen molar-refractivity contribution in [3.05, 3.63) is 64.9 Å². The number of H-pyrrole nitrogens is 2. The van der Waals surface area contributed by atoms with Crippen LogP contribution in [0, 0.1) is 0 Å². The molecule has 0 saturated carbocycles. The highest BCUT2D eigenvalue weighted by molar-refractivity contribution is 7.09. The molecular weight excluding hydrogens is 554 g/mol. The lowest BCUT2D eigenvalue weighted by molar-refractivity contribution is -0.122. The van der Waals surface area contributed by atoms with Crippen LogP contribution < -0.4 is 5.32 Å². The fraction of sp³-hybridized carbons (Fsp3) is 0.333. The van der Waals surface area contributed by atoms with Crippen LogP contribution in [-0.4, -0.2) is 92.9 Å². The van der Waals surface area contributed by atoms with Gasteiger partial charge in [0.25, 0.3) is 12.4 Å². The smallest absolute Gasteiger partial charge is 0.290 e. The van der Waals surface area contributed by atoms with Gasteiger partial charge in [0, 0.05) is 47.5 Å². The number of likely N-dealkylation sites (tertiary alicyclic amines) is 1. The van der Waals surface area contributed by atoms with Crippen LogP contribution in [0.2, 0.25) is 0 Å². The molecule has 2 aliphatic rings. The van der Waals surface area contributed by atoms with Gasteiger partial charge in [-0.3, -0.25) is 19.6 Å². The molecule has 2 aliphatic heterocycles. The molecular formula is C30H33N7O4S. The molecule has 0 aliphatic carbocycles. The van der Waals surface area contributed by atoms with Crippen molar-refractivity contribution in [1.29, 1.82) is 0 Å². The number of aromatic amines is 2. The van der Waals surface area contributed by atoms with E-state index in [0.717, 1.165) is 70.7 Å². The fourth-order valence-electron chi connectivity index (χ4n) is 5.80. The van der Waals surface area contributed by atoms with Crippen molar-refractivity contribution in [2.24, 2.45) is 0 Å². The van der Waals surface area contributed by atoms with Gasteiger partial charge in [-0.25, -0.2) is 4.98 Å². The number of benzene rings is 2. The number of aromatic nitrogens is 4. The number of carbonyl (C=O) groups excluding carboxylic acids is 1. The van der Waals surface area contributed by atoms with Gasteiger partial charge in [-0.05, 0) is 61.3 Å². The Balaban J connectivity index is 0.00000101. The Bertz CT molecular complexity index is 1670. The van der Waals surface area contributed by atoms with Gasteiger partial charge in [0.15, 0.2) is 0 Å². The van der Waals surface area contributed by atoms with Crippen molar-refractivity contribution in [1.82, 2.24) is 30.0 Å². The average molecular weight is 588 g/mol. The Kier molecular flexibility index (Phi) is 8.56. The normalized spacial score (nSPS) is 17.8. The van der Waals surface area contributed by atoms with Crippen LogP contribution >= 0.6 is 11.3 Å². The molecule has 5 aromatic rings. The van der Waals surface area contributed by atoms with E-state index in [0.29, 0.717) is 11.4 Å². The first kappa shape index (κ1) is 28.0. The highest BCUT2D eigenvalue weighted by atomic mass is 32.1. The summed E-state index contributed by atoms with van der Waals surface area (Å²) in [6, 6.07) is 12.3. The number of rotatable bonds is 7. The molecule has 3 aromatic heterocycles. The van der Waals surface area contributed by atoms with Gasteiger partial charge in [-0.2, -0.15) is 5.10 Å². The molecule has 2 saturated heterocycles. The monoisotopic (exact) mass is 587 g/mol. The second-order valence-corrected chi connectivity index (χ2v) is 11.5. The Morgan fingerprint density at radius 1 is 1.14 bits per heavy atom. The van der Waals surface area contributed by atoms with Gasteiger partial charge in [0.1, 0.15) is 10.7 Å². The Morgan fingerprint density at radius 2 is 2.00 bits per heavy atom. The number of carbonyl (C=O) groups is 2. The molecule has 4 N–H and O–H groups in total. The molecule has 11 nitrogen and oxygen atoms in total. The number of anilines is 1. The van der Waals surface area contributed by atoms with Crippen molar-refractivity contribution in [3.63, 3.8) is 0 Å². The van der Waals surface area contributed by atoms with E-state index in [-0.39, 0.29) is 18.5 Å². The zero-order valence-electron chi connectivity index (χ0n) is 23.1. The molecule has 42 heavy (non-hydrogen) atoms. The predicted octanol–water partition coefficient (Wildman–Crippen LogP) is 4.42. The minimum atomic E-state index is -0.250. The van der Waals surface area contributed by atoms with Gasteiger partial charge in [-0.15, -0.1) is 11.3 Å². The summed E-state index contributed by atoms with van der Waals surface area (Å²) in [5.74, 6) is -0.217. The number of ether oxygens (including phenoxy) is 1. The Labute approximate surface area is 246 Å². The zero-order chi connectivity index (χ0) is 28.9. The number of carboxylic acid groups (broad SMARTS) is 1. The maximum Gasteiger partial charge on any atom is 0.290 e. The van der Waals surface area contributed by atoms with Crippen LogP contribution in [0.15, 0.2) is 54.2 Å². The lowest BCUT2D eigenvalue weighted by Gasteiger charge is -2.34. The number of amides is 1. The third-order valence-electron chi connectivity index (χ3n) is 7.74. The summed E-state index contributed by atoms with van der Waals surface area (Å²) in [6.07, 6.45) is 6.51. The summed E-state index contributed by atoms with van der Waals surface area (Å²) >= 11 is 1.54. The molecule has 0 bridgehead atoms. The highest BCUT2D eigenvalue weighted by Gasteiger charge is 2.25. The summed E-state index contributed by atoms with van der Waals surface area (Å²) in [5.41, 5.74) is 5.17. The largest absolute Gasteiger partial charge is 0.483 e. The van der Waals surface area contributed by atoms with E-state index in [1.54, 1.807) is 6.20 Å². The number of thiazole rings is 1. The number of nitrogens with one attached hydrogen (secondary N) is 3. The predicted molar refractivity (Wildman–Crippen MR) is 163 cm³/mol. The molecule has 7 rings (SSSR count). The second-order valence-electron chi connectivity index (χ2n) is 10.5. The number of morpholine rings is 1. The first-order valence-corrected chi connectivity index (χ1v) is 14.9. The van der Waals surface area contributed by atoms with Crippen molar-refractivity contribution in [2.75, 3.05) is 44.6 Å². The molecule has 0 spiro atoms. The van der Waals surface area contributed by atoms with Crippen LogP contribution in [-0.2, 0) is 16.1 Å². The van der Waals surface area contributed by atoms with E-state index in [1.165, 1.54) is 37.3 Å². The minimum absolute atomic E-state index is 0.217. The third-order valence-corrected chi connectivity index (χ3v) is 8.57. The number of hydrogen-bond acceptors (Lipinski definition) is 8. The summed E-state index contributed by atoms with van der Waals surface area (Å²) in [5, 5.41) is 22.1.